The van der Waals surface area contributed by atoms with Crippen LogP contribution in [0.1, 0.15) is 30.4 Å². The molecule has 0 atom stereocenters. The van der Waals surface area contributed by atoms with E-state index in [1.165, 1.54) is 0 Å². The second kappa shape index (κ2) is 6.91. The van der Waals surface area contributed by atoms with Crippen LogP contribution in [0.15, 0.2) is 45.7 Å². The van der Waals surface area contributed by atoms with Crippen molar-refractivity contribution in [1.82, 2.24) is 5.32 Å². The molecule has 0 spiro atoms. The first kappa shape index (κ1) is 15.8. The van der Waals surface area contributed by atoms with Crippen LogP contribution < -0.4 is 5.32 Å². The molecule has 0 radical (unpaired) electrons. The molecule has 2 aromatic rings. The van der Waals surface area contributed by atoms with Gasteiger partial charge in [0, 0.05) is 0 Å². The Kier molecular flexibility index (Phi) is 5.20. The van der Waals surface area contributed by atoms with E-state index in [2.05, 4.69) is 12.2 Å². The van der Waals surface area contributed by atoms with E-state index >= 15 is 0 Å². The molecule has 114 valence electrons. The van der Waals surface area contributed by atoms with Crippen LogP contribution in [0.25, 0.3) is 0 Å². The van der Waals surface area contributed by atoms with E-state index in [-0.39, 0.29) is 5.75 Å². The minimum Gasteiger partial charge on any atom is -0.464 e. The van der Waals surface area contributed by atoms with Gasteiger partial charge in [-0.1, -0.05) is 24.6 Å². The molecule has 1 heterocycles. The van der Waals surface area contributed by atoms with Crippen molar-refractivity contribution in [3.05, 3.63) is 53.5 Å². The van der Waals surface area contributed by atoms with Crippen LogP contribution >= 0.6 is 0 Å². The van der Waals surface area contributed by atoms with E-state index in [1.54, 1.807) is 30.3 Å². The van der Waals surface area contributed by atoms with Crippen molar-refractivity contribution >= 4 is 9.84 Å². The Morgan fingerprint density at radius 1 is 1.05 bits per heavy atom. The second-order valence-corrected chi connectivity index (χ2v) is 7.11. The maximum absolute atomic E-state index is 12.3. The molecule has 2 rings (SSSR count). The molecule has 0 fully saturated rings. The summed E-state index contributed by atoms with van der Waals surface area (Å²) in [5.41, 5.74) is 1.04. The van der Waals surface area contributed by atoms with Gasteiger partial charge in [0.25, 0.3) is 0 Å². The van der Waals surface area contributed by atoms with Gasteiger partial charge in [0.2, 0.25) is 0 Å². The van der Waals surface area contributed by atoms with E-state index < -0.39 is 9.84 Å². The topological polar surface area (TPSA) is 59.3 Å². The normalized spacial score (nSPS) is 11.7. The predicted molar refractivity (Wildman–Crippen MR) is 82.8 cm³/mol. The van der Waals surface area contributed by atoms with Crippen LogP contribution in [0, 0.1) is 6.92 Å². The van der Waals surface area contributed by atoms with Crippen molar-refractivity contribution in [3.63, 3.8) is 0 Å². The number of sulfone groups is 1. The Morgan fingerprint density at radius 2 is 1.71 bits per heavy atom. The molecule has 1 aromatic carbocycles. The average Bonchev–Trinajstić information content (AvgIpc) is 2.86. The summed E-state index contributed by atoms with van der Waals surface area (Å²) in [6.07, 6.45) is 1.05. The van der Waals surface area contributed by atoms with Crippen LogP contribution in [0.4, 0.5) is 0 Å². The zero-order valence-electron chi connectivity index (χ0n) is 12.4. The largest absolute Gasteiger partial charge is 0.464 e. The number of nitrogens with one attached hydrogen (secondary N) is 1. The van der Waals surface area contributed by atoms with E-state index in [1.807, 2.05) is 13.0 Å². The van der Waals surface area contributed by atoms with Gasteiger partial charge in [-0.05, 0) is 44.2 Å². The maximum atomic E-state index is 12.3. The summed E-state index contributed by atoms with van der Waals surface area (Å²) in [6, 6.07) is 10.4. The Hall–Kier alpha value is -1.59. The van der Waals surface area contributed by atoms with Crippen LogP contribution in [0.2, 0.25) is 0 Å². The molecular formula is C16H21NO3S. The fraction of sp³-hybridized carbons (Fsp3) is 0.375. The van der Waals surface area contributed by atoms with Crippen molar-refractivity contribution in [2.24, 2.45) is 0 Å². The SMILES string of the molecule is CCCNCc1ccc(CS(=O)(=O)c2ccc(C)cc2)o1. The minimum absolute atomic E-state index is 0.107. The quantitative estimate of drug-likeness (QED) is 0.799. The van der Waals surface area contributed by atoms with Crippen molar-refractivity contribution in [2.45, 2.75) is 37.5 Å². The lowest BCUT2D eigenvalue weighted by Crippen LogP contribution is -2.13. The van der Waals surface area contributed by atoms with E-state index in [0.717, 1.165) is 24.3 Å². The summed E-state index contributed by atoms with van der Waals surface area (Å²) in [5.74, 6) is 1.13. The summed E-state index contributed by atoms with van der Waals surface area (Å²) in [6.45, 7) is 5.56. The van der Waals surface area contributed by atoms with Gasteiger partial charge >= 0.3 is 0 Å². The molecule has 1 aromatic heterocycles. The maximum Gasteiger partial charge on any atom is 0.185 e. The monoisotopic (exact) mass is 307 g/mol. The highest BCUT2D eigenvalue weighted by Crippen LogP contribution is 2.18. The molecule has 0 aliphatic heterocycles. The summed E-state index contributed by atoms with van der Waals surface area (Å²) in [4.78, 5) is 0.329. The second-order valence-electron chi connectivity index (χ2n) is 5.12. The number of furan rings is 1. The molecular weight excluding hydrogens is 286 g/mol. The molecule has 0 saturated carbocycles. The summed E-state index contributed by atoms with van der Waals surface area (Å²) in [7, 11) is -3.36. The standard InChI is InChI=1S/C16H21NO3S/c1-3-10-17-11-14-6-7-15(20-14)12-21(18,19)16-8-4-13(2)5-9-16/h4-9,17H,3,10-12H2,1-2H3. The summed E-state index contributed by atoms with van der Waals surface area (Å²) < 4.78 is 30.2. The molecule has 21 heavy (non-hydrogen) atoms. The minimum atomic E-state index is -3.36. The molecule has 0 unspecified atom stereocenters. The summed E-state index contributed by atoms with van der Waals surface area (Å²) >= 11 is 0. The molecule has 0 aliphatic carbocycles. The van der Waals surface area contributed by atoms with Crippen molar-refractivity contribution < 1.29 is 12.8 Å². The predicted octanol–water partition coefficient (Wildman–Crippen LogP) is 3.06. The first-order valence-corrected chi connectivity index (χ1v) is 8.74. The molecule has 0 aliphatic rings. The molecule has 4 nitrogen and oxygen atoms in total. The van der Waals surface area contributed by atoms with Crippen LogP contribution in [-0.2, 0) is 22.1 Å². The van der Waals surface area contributed by atoms with E-state index in [9.17, 15) is 8.42 Å². The van der Waals surface area contributed by atoms with Crippen molar-refractivity contribution in [2.75, 3.05) is 6.54 Å². The highest BCUT2D eigenvalue weighted by molar-refractivity contribution is 7.90. The van der Waals surface area contributed by atoms with Crippen molar-refractivity contribution in [1.29, 1.82) is 0 Å². The number of rotatable bonds is 7. The Balaban J connectivity index is 2.05. The molecule has 1 N–H and O–H groups in total. The van der Waals surface area contributed by atoms with Gasteiger partial charge < -0.3 is 9.73 Å². The third kappa shape index (κ3) is 4.44. The Bertz CT molecular complexity index is 672. The van der Waals surface area contributed by atoms with E-state index in [4.69, 9.17) is 4.42 Å². The third-order valence-corrected chi connectivity index (χ3v) is 4.81. The van der Waals surface area contributed by atoms with Gasteiger partial charge in [-0.2, -0.15) is 0 Å². The Labute approximate surface area is 126 Å². The highest BCUT2D eigenvalue weighted by atomic mass is 32.2. The highest BCUT2D eigenvalue weighted by Gasteiger charge is 2.17. The number of benzene rings is 1. The van der Waals surface area contributed by atoms with Gasteiger partial charge in [0.15, 0.2) is 9.84 Å². The van der Waals surface area contributed by atoms with Gasteiger partial charge in [-0.15, -0.1) is 0 Å². The fourth-order valence-corrected chi connectivity index (χ4v) is 3.25. The van der Waals surface area contributed by atoms with Gasteiger partial charge in [-0.3, -0.25) is 0 Å². The first-order chi connectivity index (χ1) is 10.0. The van der Waals surface area contributed by atoms with Crippen LogP contribution in [-0.4, -0.2) is 15.0 Å². The van der Waals surface area contributed by atoms with Gasteiger partial charge in [0.1, 0.15) is 17.3 Å². The molecule has 0 bridgehead atoms. The smallest absolute Gasteiger partial charge is 0.185 e. The van der Waals surface area contributed by atoms with Gasteiger partial charge in [0.05, 0.1) is 11.4 Å². The third-order valence-electron chi connectivity index (χ3n) is 3.16. The molecule has 5 heteroatoms. The molecule has 0 saturated heterocycles. The lowest BCUT2D eigenvalue weighted by Gasteiger charge is -2.03. The zero-order valence-corrected chi connectivity index (χ0v) is 13.2. The number of hydrogen-bond donors (Lipinski definition) is 1. The lowest BCUT2D eigenvalue weighted by molar-refractivity contribution is 0.456. The molecule has 0 amide bonds. The van der Waals surface area contributed by atoms with Crippen molar-refractivity contribution in [3.8, 4) is 0 Å². The first-order valence-electron chi connectivity index (χ1n) is 7.09. The number of hydrogen-bond acceptors (Lipinski definition) is 4. The fourth-order valence-electron chi connectivity index (χ4n) is 2.00. The van der Waals surface area contributed by atoms with Gasteiger partial charge in [-0.25, -0.2) is 8.42 Å². The van der Waals surface area contributed by atoms with Crippen LogP contribution in [0.5, 0.6) is 0 Å². The van der Waals surface area contributed by atoms with Crippen LogP contribution in [0.3, 0.4) is 0 Å². The Morgan fingerprint density at radius 3 is 2.38 bits per heavy atom. The summed E-state index contributed by atoms with van der Waals surface area (Å²) in [5, 5.41) is 3.22. The zero-order chi connectivity index (χ0) is 15.3. The lowest BCUT2D eigenvalue weighted by atomic mass is 10.2. The average molecular weight is 307 g/mol. The number of aryl methyl sites for hydroxylation is 1. The van der Waals surface area contributed by atoms with E-state index in [0.29, 0.717) is 17.2 Å².